The van der Waals surface area contributed by atoms with Gasteiger partial charge in [-0.25, -0.2) is 0 Å². The van der Waals surface area contributed by atoms with Crippen LogP contribution < -0.4 is 10.5 Å². The zero-order valence-electron chi connectivity index (χ0n) is 13.5. The third-order valence-corrected chi connectivity index (χ3v) is 3.92. The molecule has 0 spiro atoms. The van der Waals surface area contributed by atoms with E-state index in [1.54, 1.807) is 0 Å². The number of hydrogen-bond donors (Lipinski definition) is 1. The Kier molecular flexibility index (Phi) is 3.87. The minimum Gasteiger partial charge on any atom is -0.487 e. The van der Waals surface area contributed by atoms with E-state index in [0.29, 0.717) is 0 Å². The van der Waals surface area contributed by atoms with E-state index in [-0.39, 0.29) is 23.3 Å². The molecule has 1 fully saturated rings. The van der Waals surface area contributed by atoms with Gasteiger partial charge in [-0.1, -0.05) is 12.1 Å². The van der Waals surface area contributed by atoms with Crippen molar-refractivity contribution in [2.45, 2.75) is 71.3 Å². The average Bonchev–Trinajstić information content (AvgIpc) is 2.46. The molecule has 0 radical (unpaired) electrons. The molecule has 20 heavy (non-hydrogen) atoms. The van der Waals surface area contributed by atoms with Crippen molar-refractivity contribution >= 4 is 0 Å². The standard InChI is InChI=1S/C17H27NO2/c1-11-7-8-13(12(2)18)14(9-11)19-15-10-16(3,4)20-17(15,5)6/h7-9,12,15H,10,18H2,1-6H3/t12-,15?/m0/s1. The van der Waals surface area contributed by atoms with Gasteiger partial charge in [-0.2, -0.15) is 0 Å². The van der Waals surface area contributed by atoms with Crippen LogP contribution in [0.25, 0.3) is 0 Å². The predicted molar refractivity (Wildman–Crippen MR) is 82.1 cm³/mol. The van der Waals surface area contributed by atoms with E-state index in [1.807, 2.05) is 6.92 Å². The minimum absolute atomic E-state index is 0.0379. The fraction of sp³-hybridized carbons (Fsp3) is 0.647. The van der Waals surface area contributed by atoms with Crippen LogP contribution in [0, 0.1) is 6.92 Å². The molecule has 2 atom stereocenters. The molecule has 1 unspecified atom stereocenters. The number of aryl methyl sites for hydroxylation is 1. The van der Waals surface area contributed by atoms with Crippen molar-refractivity contribution in [2.24, 2.45) is 5.73 Å². The van der Waals surface area contributed by atoms with E-state index < -0.39 is 0 Å². The van der Waals surface area contributed by atoms with Gasteiger partial charge < -0.3 is 15.2 Å². The quantitative estimate of drug-likeness (QED) is 0.915. The lowest BCUT2D eigenvalue weighted by molar-refractivity contribution is -0.0847. The van der Waals surface area contributed by atoms with Gasteiger partial charge in [-0.05, 0) is 53.2 Å². The van der Waals surface area contributed by atoms with Crippen molar-refractivity contribution in [1.82, 2.24) is 0 Å². The van der Waals surface area contributed by atoms with Crippen LogP contribution in [0.1, 0.15) is 58.2 Å². The molecule has 0 bridgehead atoms. The van der Waals surface area contributed by atoms with Gasteiger partial charge in [0.05, 0.1) is 5.60 Å². The first kappa shape index (κ1) is 15.3. The molecule has 3 heteroatoms. The highest BCUT2D eigenvalue weighted by Gasteiger charge is 2.47. The van der Waals surface area contributed by atoms with E-state index in [2.05, 4.69) is 52.8 Å². The van der Waals surface area contributed by atoms with Crippen LogP contribution >= 0.6 is 0 Å². The molecule has 0 saturated carbocycles. The first-order chi connectivity index (χ1) is 9.11. The summed E-state index contributed by atoms with van der Waals surface area (Å²) in [5.41, 5.74) is 7.85. The van der Waals surface area contributed by atoms with Crippen molar-refractivity contribution in [3.05, 3.63) is 29.3 Å². The summed E-state index contributed by atoms with van der Waals surface area (Å²) in [4.78, 5) is 0. The van der Waals surface area contributed by atoms with Crippen LogP contribution in [0.15, 0.2) is 18.2 Å². The van der Waals surface area contributed by atoms with Gasteiger partial charge in [0.25, 0.3) is 0 Å². The van der Waals surface area contributed by atoms with Crippen molar-refractivity contribution in [2.75, 3.05) is 0 Å². The second-order valence-corrected chi connectivity index (χ2v) is 7.11. The summed E-state index contributed by atoms with van der Waals surface area (Å²) in [6, 6.07) is 6.17. The Morgan fingerprint density at radius 2 is 1.95 bits per heavy atom. The Morgan fingerprint density at radius 3 is 2.45 bits per heavy atom. The molecule has 0 aromatic heterocycles. The topological polar surface area (TPSA) is 44.5 Å². The highest BCUT2D eigenvalue weighted by molar-refractivity contribution is 5.39. The highest BCUT2D eigenvalue weighted by Crippen LogP contribution is 2.40. The molecular weight excluding hydrogens is 250 g/mol. The number of ether oxygens (including phenoxy) is 2. The fourth-order valence-corrected chi connectivity index (χ4v) is 2.97. The molecule has 2 rings (SSSR count). The maximum Gasteiger partial charge on any atom is 0.130 e. The Morgan fingerprint density at radius 1 is 1.30 bits per heavy atom. The summed E-state index contributed by atoms with van der Waals surface area (Å²) in [6.45, 7) is 12.5. The van der Waals surface area contributed by atoms with Gasteiger partial charge in [0, 0.05) is 18.0 Å². The predicted octanol–water partition coefficient (Wildman–Crippen LogP) is 3.74. The van der Waals surface area contributed by atoms with Crippen molar-refractivity contribution in [3.8, 4) is 5.75 Å². The van der Waals surface area contributed by atoms with Crippen LogP contribution in [0.4, 0.5) is 0 Å². The third kappa shape index (κ3) is 3.15. The Balaban J connectivity index is 2.28. The molecule has 2 N–H and O–H groups in total. The molecule has 1 aliphatic heterocycles. The van der Waals surface area contributed by atoms with E-state index in [4.69, 9.17) is 15.2 Å². The van der Waals surface area contributed by atoms with Crippen LogP contribution in [-0.4, -0.2) is 17.3 Å². The van der Waals surface area contributed by atoms with Gasteiger partial charge in [0.15, 0.2) is 0 Å². The lowest BCUT2D eigenvalue weighted by atomic mass is 9.96. The molecule has 1 heterocycles. The molecule has 0 aliphatic carbocycles. The average molecular weight is 277 g/mol. The van der Waals surface area contributed by atoms with Crippen LogP contribution in [0.5, 0.6) is 5.75 Å². The van der Waals surface area contributed by atoms with Crippen LogP contribution in [-0.2, 0) is 4.74 Å². The van der Waals surface area contributed by atoms with Crippen molar-refractivity contribution < 1.29 is 9.47 Å². The first-order valence-electron chi connectivity index (χ1n) is 7.34. The molecule has 1 aromatic rings. The molecule has 0 amide bonds. The van der Waals surface area contributed by atoms with Crippen LogP contribution in [0.3, 0.4) is 0 Å². The normalized spacial score (nSPS) is 25.4. The summed E-state index contributed by atoms with van der Waals surface area (Å²) in [6.07, 6.45) is 0.920. The largest absolute Gasteiger partial charge is 0.487 e. The maximum absolute atomic E-state index is 6.29. The summed E-state index contributed by atoms with van der Waals surface area (Å²) in [5, 5.41) is 0. The third-order valence-electron chi connectivity index (χ3n) is 3.92. The summed E-state index contributed by atoms with van der Waals surface area (Å²) >= 11 is 0. The number of rotatable bonds is 3. The smallest absolute Gasteiger partial charge is 0.130 e. The summed E-state index contributed by atoms with van der Waals surface area (Å²) in [5.74, 6) is 0.888. The van der Waals surface area contributed by atoms with Gasteiger partial charge in [-0.15, -0.1) is 0 Å². The lowest BCUT2D eigenvalue weighted by Gasteiger charge is -2.28. The highest BCUT2D eigenvalue weighted by atomic mass is 16.6. The zero-order chi connectivity index (χ0) is 15.1. The molecule has 112 valence electrons. The zero-order valence-corrected chi connectivity index (χ0v) is 13.5. The van der Waals surface area contributed by atoms with Crippen molar-refractivity contribution in [1.29, 1.82) is 0 Å². The van der Waals surface area contributed by atoms with Crippen molar-refractivity contribution in [3.63, 3.8) is 0 Å². The maximum atomic E-state index is 6.29. The second-order valence-electron chi connectivity index (χ2n) is 7.11. The Bertz CT molecular complexity index is 492. The van der Waals surface area contributed by atoms with Gasteiger partial charge in [0.1, 0.15) is 17.5 Å². The van der Waals surface area contributed by atoms with Crippen LogP contribution in [0.2, 0.25) is 0 Å². The van der Waals surface area contributed by atoms with E-state index in [1.165, 1.54) is 5.56 Å². The second kappa shape index (κ2) is 5.05. The molecule has 3 nitrogen and oxygen atoms in total. The molecule has 1 aromatic carbocycles. The Labute approximate surface area is 122 Å². The van der Waals surface area contributed by atoms with E-state index in [0.717, 1.165) is 17.7 Å². The number of hydrogen-bond acceptors (Lipinski definition) is 3. The number of nitrogens with two attached hydrogens (primary N) is 1. The minimum atomic E-state index is -0.289. The summed E-state index contributed by atoms with van der Waals surface area (Å²) in [7, 11) is 0. The van der Waals surface area contributed by atoms with Gasteiger partial charge >= 0.3 is 0 Å². The number of benzene rings is 1. The molecule has 1 saturated heterocycles. The Hall–Kier alpha value is -1.06. The first-order valence-corrected chi connectivity index (χ1v) is 7.34. The fourth-order valence-electron chi connectivity index (χ4n) is 2.97. The monoisotopic (exact) mass is 277 g/mol. The lowest BCUT2D eigenvalue weighted by Crippen LogP contribution is -2.37. The molecular formula is C17H27NO2. The summed E-state index contributed by atoms with van der Waals surface area (Å²) < 4.78 is 12.4. The molecule has 1 aliphatic rings. The van der Waals surface area contributed by atoms with E-state index in [9.17, 15) is 0 Å². The van der Waals surface area contributed by atoms with Gasteiger partial charge in [-0.3, -0.25) is 0 Å². The SMILES string of the molecule is Cc1ccc([C@H](C)N)c(OC2CC(C)(C)OC2(C)C)c1. The van der Waals surface area contributed by atoms with Gasteiger partial charge in [0.2, 0.25) is 0 Å². The van der Waals surface area contributed by atoms with E-state index >= 15 is 0 Å².